The highest BCUT2D eigenvalue weighted by molar-refractivity contribution is 6.35. The molecule has 1 saturated carbocycles. The van der Waals surface area contributed by atoms with Gasteiger partial charge in [-0.15, -0.1) is 0 Å². The van der Waals surface area contributed by atoms with Crippen molar-refractivity contribution in [3.05, 3.63) is 33.1 Å². The third-order valence-electron chi connectivity index (χ3n) is 3.69. The van der Waals surface area contributed by atoms with Crippen molar-refractivity contribution in [2.45, 2.75) is 46.1 Å². The molecule has 0 bridgehead atoms. The minimum absolute atomic E-state index is 0.0239. The van der Waals surface area contributed by atoms with Gasteiger partial charge < -0.3 is 4.57 Å². The zero-order valence-electron chi connectivity index (χ0n) is 11.9. The number of fused-ring (bicyclic) bond motifs is 1. The lowest BCUT2D eigenvalue weighted by Gasteiger charge is -2.27. The molecule has 0 saturated heterocycles. The maximum Gasteiger partial charge on any atom is 0.291 e. The molecule has 20 heavy (non-hydrogen) atoms. The second-order valence-corrected chi connectivity index (χ2v) is 5.10. The van der Waals surface area contributed by atoms with E-state index in [2.05, 4.69) is 9.55 Å². The van der Waals surface area contributed by atoms with Crippen molar-refractivity contribution >= 4 is 28.3 Å². The third-order valence-corrected chi connectivity index (χ3v) is 3.98. The average Bonchev–Trinajstić information content (AvgIpc) is 2.68. The van der Waals surface area contributed by atoms with E-state index < -0.39 is 4.92 Å². The largest absolute Gasteiger partial charge is 0.328 e. The summed E-state index contributed by atoms with van der Waals surface area (Å²) in [7, 11) is 0. The molecule has 2 heterocycles. The molecule has 108 valence electrons. The van der Waals surface area contributed by atoms with Crippen LogP contribution < -0.4 is 0 Å². The van der Waals surface area contributed by atoms with E-state index in [1.165, 1.54) is 12.6 Å². The van der Waals surface area contributed by atoms with E-state index in [0.29, 0.717) is 22.0 Å². The van der Waals surface area contributed by atoms with Gasteiger partial charge in [-0.2, -0.15) is 0 Å². The average molecular weight is 296 g/mol. The molecule has 2 aromatic rings. The summed E-state index contributed by atoms with van der Waals surface area (Å²) in [6.07, 6.45) is 6.63. The van der Waals surface area contributed by atoms with Crippen LogP contribution in [0.5, 0.6) is 0 Å². The molecule has 1 fully saturated rings. The maximum absolute atomic E-state index is 10.9. The molecule has 6 heteroatoms. The molecule has 5 nitrogen and oxygen atoms in total. The van der Waals surface area contributed by atoms with Crippen LogP contribution in [0.15, 0.2) is 12.4 Å². The number of hydrogen-bond donors (Lipinski definition) is 0. The first-order valence-electron chi connectivity index (χ1n) is 6.89. The number of rotatable bonds is 2. The van der Waals surface area contributed by atoms with Gasteiger partial charge >= 0.3 is 0 Å². The summed E-state index contributed by atoms with van der Waals surface area (Å²) in [5, 5.41) is 12.2. The number of nitro groups is 1. The van der Waals surface area contributed by atoms with Crippen molar-refractivity contribution in [1.82, 2.24) is 9.55 Å². The summed E-state index contributed by atoms with van der Waals surface area (Å²) in [5.74, 6) is 0. The molecule has 0 amide bonds. The van der Waals surface area contributed by atoms with Crippen LogP contribution in [0.25, 0.3) is 11.0 Å². The Kier molecular flexibility index (Phi) is 4.28. The standard InChI is InChI=1S/C12H12ClN3O2.C2H6/c1-7-10(16(17)18)5-14-12-11(7)9(13)6-15(12)8-3-2-4-8;1-2/h5-6,8H,2-4H2,1H3;1-2H3. The topological polar surface area (TPSA) is 61.0 Å². The van der Waals surface area contributed by atoms with Crippen molar-refractivity contribution < 1.29 is 4.92 Å². The molecule has 1 aliphatic rings. The summed E-state index contributed by atoms with van der Waals surface area (Å²) in [6.45, 7) is 5.72. The predicted molar refractivity (Wildman–Crippen MR) is 80.4 cm³/mol. The summed E-state index contributed by atoms with van der Waals surface area (Å²) >= 11 is 6.20. The molecular weight excluding hydrogens is 278 g/mol. The van der Waals surface area contributed by atoms with Gasteiger partial charge in [0.05, 0.1) is 9.95 Å². The first-order valence-corrected chi connectivity index (χ1v) is 7.27. The molecule has 0 atom stereocenters. The molecule has 0 radical (unpaired) electrons. The smallest absolute Gasteiger partial charge is 0.291 e. The lowest BCUT2D eigenvalue weighted by molar-refractivity contribution is -0.385. The zero-order valence-corrected chi connectivity index (χ0v) is 12.6. The molecule has 0 aliphatic heterocycles. The Bertz CT molecular complexity index is 647. The van der Waals surface area contributed by atoms with Crippen LogP contribution in [0.1, 0.15) is 44.7 Å². The first kappa shape index (κ1) is 14.8. The van der Waals surface area contributed by atoms with Crippen molar-refractivity contribution in [1.29, 1.82) is 0 Å². The van der Waals surface area contributed by atoms with E-state index in [-0.39, 0.29) is 5.69 Å². The number of aromatic nitrogens is 2. The Morgan fingerprint density at radius 1 is 1.45 bits per heavy atom. The van der Waals surface area contributed by atoms with Gasteiger partial charge in [-0.1, -0.05) is 25.4 Å². The van der Waals surface area contributed by atoms with Crippen LogP contribution in [0.4, 0.5) is 5.69 Å². The lowest BCUT2D eigenvalue weighted by Crippen LogP contribution is -2.16. The molecule has 0 unspecified atom stereocenters. The van der Waals surface area contributed by atoms with Crippen LogP contribution in [0.3, 0.4) is 0 Å². The van der Waals surface area contributed by atoms with Gasteiger partial charge in [0, 0.05) is 23.2 Å². The minimum atomic E-state index is -0.418. The Morgan fingerprint density at radius 2 is 2.10 bits per heavy atom. The maximum atomic E-state index is 10.9. The van der Waals surface area contributed by atoms with Gasteiger partial charge in [0.2, 0.25) is 0 Å². The second kappa shape index (κ2) is 5.79. The van der Waals surface area contributed by atoms with E-state index in [9.17, 15) is 10.1 Å². The molecular formula is C14H18ClN3O2. The van der Waals surface area contributed by atoms with Crippen molar-refractivity contribution in [3.8, 4) is 0 Å². The van der Waals surface area contributed by atoms with Crippen molar-refractivity contribution in [2.24, 2.45) is 0 Å². The fourth-order valence-corrected chi connectivity index (χ4v) is 2.77. The van der Waals surface area contributed by atoms with Gasteiger partial charge in [-0.05, 0) is 26.2 Å². The number of nitrogens with zero attached hydrogens (tertiary/aromatic N) is 3. The molecule has 1 aliphatic carbocycles. The zero-order chi connectivity index (χ0) is 14.9. The quantitative estimate of drug-likeness (QED) is 0.598. The normalized spacial score (nSPS) is 14.6. The van der Waals surface area contributed by atoms with Crippen molar-refractivity contribution in [3.63, 3.8) is 0 Å². The van der Waals surface area contributed by atoms with Crippen LogP contribution in [-0.4, -0.2) is 14.5 Å². The molecule has 3 rings (SSSR count). The van der Waals surface area contributed by atoms with E-state index in [1.807, 2.05) is 20.0 Å². The highest BCUT2D eigenvalue weighted by Crippen LogP contribution is 2.39. The van der Waals surface area contributed by atoms with E-state index in [4.69, 9.17) is 11.6 Å². The monoisotopic (exact) mass is 295 g/mol. The number of aryl methyl sites for hydroxylation is 1. The summed E-state index contributed by atoms with van der Waals surface area (Å²) in [5.41, 5.74) is 1.37. The summed E-state index contributed by atoms with van der Waals surface area (Å²) < 4.78 is 2.05. The Morgan fingerprint density at radius 3 is 2.60 bits per heavy atom. The number of hydrogen-bond acceptors (Lipinski definition) is 3. The Hall–Kier alpha value is -1.62. The molecule has 2 aromatic heterocycles. The van der Waals surface area contributed by atoms with Gasteiger partial charge in [0.25, 0.3) is 5.69 Å². The van der Waals surface area contributed by atoms with Crippen molar-refractivity contribution in [2.75, 3.05) is 0 Å². The lowest BCUT2D eigenvalue weighted by atomic mass is 9.93. The number of halogens is 1. The number of pyridine rings is 1. The fourth-order valence-electron chi connectivity index (χ4n) is 2.44. The van der Waals surface area contributed by atoms with Gasteiger partial charge in [-0.25, -0.2) is 4.98 Å². The highest BCUT2D eigenvalue weighted by Gasteiger charge is 2.25. The van der Waals surface area contributed by atoms with Crippen LogP contribution >= 0.6 is 11.6 Å². The highest BCUT2D eigenvalue weighted by atomic mass is 35.5. The Balaban J connectivity index is 0.000000704. The fraction of sp³-hybridized carbons (Fsp3) is 0.500. The van der Waals surface area contributed by atoms with Crippen LogP contribution in [-0.2, 0) is 0 Å². The Labute approximate surface area is 122 Å². The minimum Gasteiger partial charge on any atom is -0.328 e. The second-order valence-electron chi connectivity index (χ2n) is 4.69. The van der Waals surface area contributed by atoms with E-state index >= 15 is 0 Å². The molecule has 0 aromatic carbocycles. The molecule has 0 spiro atoms. The van der Waals surface area contributed by atoms with Gasteiger partial charge in [0.1, 0.15) is 11.8 Å². The van der Waals surface area contributed by atoms with Crippen LogP contribution in [0.2, 0.25) is 5.02 Å². The third kappa shape index (κ3) is 2.26. The van der Waals surface area contributed by atoms with Gasteiger partial charge in [0.15, 0.2) is 0 Å². The van der Waals surface area contributed by atoms with E-state index in [1.54, 1.807) is 6.92 Å². The summed E-state index contributed by atoms with van der Waals surface area (Å²) in [4.78, 5) is 14.7. The molecule has 0 N–H and O–H groups in total. The van der Waals surface area contributed by atoms with Gasteiger partial charge in [-0.3, -0.25) is 10.1 Å². The predicted octanol–water partition coefficient (Wildman–Crippen LogP) is 4.66. The summed E-state index contributed by atoms with van der Waals surface area (Å²) in [6, 6.07) is 0.438. The first-order chi connectivity index (χ1) is 9.59. The van der Waals surface area contributed by atoms with E-state index in [0.717, 1.165) is 18.5 Å². The SMILES string of the molecule is CC.Cc1c([N+](=O)[O-])cnc2c1c(Cl)cn2C1CCC1. The van der Waals surface area contributed by atoms with Crippen LogP contribution in [0, 0.1) is 17.0 Å².